The third-order valence-corrected chi connectivity index (χ3v) is 4.71. The Morgan fingerprint density at radius 2 is 1.92 bits per heavy atom. The minimum atomic E-state index is -2.64. The van der Waals surface area contributed by atoms with Gasteiger partial charge < -0.3 is 14.5 Å². The van der Waals surface area contributed by atoms with Crippen molar-refractivity contribution in [2.75, 3.05) is 26.2 Å². The van der Waals surface area contributed by atoms with Crippen molar-refractivity contribution in [3.8, 4) is 0 Å². The summed E-state index contributed by atoms with van der Waals surface area (Å²) in [5.74, 6) is -0.373. The predicted octanol–water partition coefficient (Wildman–Crippen LogP) is 2.23. The third-order valence-electron chi connectivity index (χ3n) is 4.71. The van der Waals surface area contributed by atoms with Crippen LogP contribution in [0.1, 0.15) is 30.9 Å². The van der Waals surface area contributed by atoms with E-state index in [1.54, 1.807) is 17.0 Å². The topological polar surface area (TPSA) is 49.9 Å². The fourth-order valence-corrected chi connectivity index (χ4v) is 3.39. The van der Waals surface area contributed by atoms with Crippen molar-refractivity contribution in [3.05, 3.63) is 35.9 Å². The number of hydrogen-bond acceptors (Lipinski definition) is 3. The molecule has 2 atom stereocenters. The first-order chi connectivity index (χ1) is 12.1. The van der Waals surface area contributed by atoms with Gasteiger partial charge in [-0.25, -0.2) is 8.78 Å². The summed E-state index contributed by atoms with van der Waals surface area (Å²) >= 11 is 0. The Bertz CT molecular complexity index is 612. The van der Waals surface area contributed by atoms with Gasteiger partial charge in [0.1, 0.15) is 12.1 Å². The zero-order valence-corrected chi connectivity index (χ0v) is 13.9. The van der Waals surface area contributed by atoms with Crippen LogP contribution in [0.15, 0.2) is 30.3 Å². The number of morpholine rings is 1. The van der Waals surface area contributed by atoms with Crippen molar-refractivity contribution >= 4 is 11.8 Å². The van der Waals surface area contributed by atoms with Crippen LogP contribution in [-0.2, 0) is 14.3 Å². The molecule has 7 heteroatoms. The number of ether oxygens (including phenoxy) is 1. The first-order valence-corrected chi connectivity index (χ1v) is 8.61. The first-order valence-electron chi connectivity index (χ1n) is 8.61. The molecule has 0 aromatic heterocycles. The molecule has 1 aromatic rings. The Labute approximate surface area is 145 Å². The molecular weight excluding hydrogens is 330 g/mol. The predicted molar refractivity (Wildman–Crippen MR) is 87.1 cm³/mol. The number of hydrogen-bond donors (Lipinski definition) is 0. The lowest BCUT2D eigenvalue weighted by molar-refractivity contribution is -0.157. The van der Waals surface area contributed by atoms with Crippen LogP contribution in [0.25, 0.3) is 0 Å². The van der Waals surface area contributed by atoms with Gasteiger partial charge in [0.2, 0.25) is 11.8 Å². The minimum absolute atomic E-state index is 0.0628. The van der Waals surface area contributed by atoms with E-state index >= 15 is 0 Å². The molecule has 3 rings (SSSR count). The summed E-state index contributed by atoms with van der Waals surface area (Å²) in [5.41, 5.74) is 0.711. The molecule has 2 amide bonds. The van der Waals surface area contributed by atoms with Gasteiger partial charge in [-0.2, -0.15) is 0 Å². The molecule has 0 bridgehead atoms. The second kappa shape index (κ2) is 7.91. The highest BCUT2D eigenvalue weighted by molar-refractivity contribution is 5.89. The van der Waals surface area contributed by atoms with Crippen molar-refractivity contribution < 1.29 is 23.1 Å². The monoisotopic (exact) mass is 352 g/mol. The Morgan fingerprint density at radius 1 is 1.16 bits per heavy atom. The minimum Gasteiger partial charge on any atom is -0.369 e. The maximum Gasteiger partial charge on any atom is 0.266 e. The number of carbonyl (C=O) groups excluding carboxylic acids is 2. The maximum absolute atomic E-state index is 13.1. The van der Waals surface area contributed by atoms with Crippen LogP contribution in [0.3, 0.4) is 0 Å². The van der Waals surface area contributed by atoms with E-state index in [2.05, 4.69) is 0 Å². The fraction of sp³-hybridized carbons (Fsp3) is 0.556. The number of benzene rings is 1. The summed E-state index contributed by atoms with van der Waals surface area (Å²) < 4.78 is 31.0. The van der Waals surface area contributed by atoms with Gasteiger partial charge in [0.15, 0.2) is 0 Å². The SMILES string of the molecule is O=C(C(c1ccccc1)N1CCCCC1=O)N1CCOC(C(F)F)C1. The summed E-state index contributed by atoms with van der Waals surface area (Å²) in [7, 11) is 0. The van der Waals surface area contributed by atoms with E-state index in [1.807, 2.05) is 18.2 Å². The number of rotatable bonds is 4. The molecule has 2 aliphatic heterocycles. The van der Waals surface area contributed by atoms with Crippen LogP contribution in [0.4, 0.5) is 8.78 Å². The van der Waals surface area contributed by atoms with Crippen LogP contribution >= 0.6 is 0 Å². The van der Waals surface area contributed by atoms with Crippen LogP contribution in [0.5, 0.6) is 0 Å². The van der Waals surface area contributed by atoms with Crippen molar-refractivity contribution in [1.29, 1.82) is 0 Å². The van der Waals surface area contributed by atoms with Gasteiger partial charge in [0.05, 0.1) is 13.2 Å². The van der Waals surface area contributed by atoms with Gasteiger partial charge in [-0.3, -0.25) is 9.59 Å². The smallest absolute Gasteiger partial charge is 0.266 e. The molecule has 0 radical (unpaired) electrons. The van der Waals surface area contributed by atoms with E-state index in [9.17, 15) is 18.4 Å². The standard InChI is InChI=1S/C18H22F2N2O3/c19-17(20)14-12-21(10-11-25-14)18(24)16(13-6-2-1-3-7-13)22-9-5-4-8-15(22)23/h1-3,6-7,14,16-17H,4-5,8-12H2. The highest BCUT2D eigenvalue weighted by Crippen LogP contribution is 2.28. The molecule has 2 heterocycles. The lowest BCUT2D eigenvalue weighted by Crippen LogP contribution is -2.53. The molecule has 0 N–H and O–H groups in total. The zero-order chi connectivity index (χ0) is 17.8. The van der Waals surface area contributed by atoms with Gasteiger partial charge >= 0.3 is 0 Å². The lowest BCUT2D eigenvalue weighted by atomic mass is 9.99. The van der Waals surface area contributed by atoms with Crippen LogP contribution < -0.4 is 0 Å². The number of nitrogens with zero attached hydrogens (tertiary/aromatic N) is 2. The molecule has 5 nitrogen and oxygen atoms in total. The number of halogens is 2. The molecule has 25 heavy (non-hydrogen) atoms. The van der Waals surface area contributed by atoms with E-state index in [0.717, 1.165) is 12.8 Å². The van der Waals surface area contributed by atoms with Crippen molar-refractivity contribution in [3.63, 3.8) is 0 Å². The highest BCUT2D eigenvalue weighted by Gasteiger charge is 2.38. The fourth-order valence-electron chi connectivity index (χ4n) is 3.39. The first kappa shape index (κ1) is 17.8. The van der Waals surface area contributed by atoms with Gasteiger partial charge in [-0.05, 0) is 18.4 Å². The molecule has 2 fully saturated rings. The summed E-state index contributed by atoms with van der Waals surface area (Å²) in [6.45, 7) is 0.693. The molecule has 2 unspecified atom stereocenters. The maximum atomic E-state index is 13.1. The summed E-state index contributed by atoms with van der Waals surface area (Å²) in [6, 6.07) is 8.30. The summed E-state index contributed by atoms with van der Waals surface area (Å²) in [6.07, 6.45) is -1.84. The van der Waals surface area contributed by atoms with Gasteiger partial charge in [-0.15, -0.1) is 0 Å². The Kier molecular flexibility index (Phi) is 5.63. The molecule has 2 aliphatic rings. The highest BCUT2D eigenvalue weighted by atomic mass is 19.3. The molecule has 0 saturated carbocycles. The van der Waals surface area contributed by atoms with E-state index < -0.39 is 18.6 Å². The van der Waals surface area contributed by atoms with Gasteiger partial charge in [0.25, 0.3) is 6.43 Å². The Hall–Kier alpha value is -2.02. The number of carbonyl (C=O) groups is 2. The molecule has 1 aromatic carbocycles. The van der Waals surface area contributed by atoms with Crippen LogP contribution in [0.2, 0.25) is 0 Å². The van der Waals surface area contributed by atoms with E-state index in [0.29, 0.717) is 18.5 Å². The van der Waals surface area contributed by atoms with Crippen LogP contribution in [0, 0.1) is 0 Å². The molecule has 2 saturated heterocycles. The van der Waals surface area contributed by atoms with Crippen molar-refractivity contribution in [1.82, 2.24) is 9.80 Å². The van der Waals surface area contributed by atoms with E-state index in [4.69, 9.17) is 4.74 Å². The summed E-state index contributed by atoms with van der Waals surface area (Å²) in [5, 5.41) is 0. The average Bonchev–Trinajstić information content (AvgIpc) is 2.64. The second-order valence-electron chi connectivity index (χ2n) is 6.39. The number of amides is 2. The second-order valence-corrected chi connectivity index (χ2v) is 6.39. The third kappa shape index (κ3) is 3.98. The Morgan fingerprint density at radius 3 is 2.60 bits per heavy atom. The van der Waals surface area contributed by atoms with E-state index in [1.165, 1.54) is 4.90 Å². The lowest BCUT2D eigenvalue weighted by Gasteiger charge is -2.39. The van der Waals surface area contributed by atoms with Crippen LogP contribution in [-0.4, -0.2) is 60.4 Å². The number of likely N-dealkylation sites (tertiary alicyclic amines) is 1. The molecule has 136 valence electrons. The largest absolute Gasteiger partial charge is 0.369 e. The molecule has 0 spiro atoms. The average molecular weight is 352 g/mol. The Balaban J connectivity index is 1.86. The van der Waals surface area contributed by atoms with Crippen molar-refractivity contribution in [2.24, 2.45) is 0 Å². The normalized spacial score (nSPS) is 23.0. The molecule has 0 aliphatic carbocycles. The van der Waals surface area contributed by atoms with Gasteiger partial charge in [-0.1, -0.05) is 30.3 Å². The van der Waals surface area contributed by atoms with Crippen molar-refractivity contribution in [2.45, 2.75) is 37.8 Å². The zero-order valence-electron chi connectivity index (χ0n) is 13.9. The summed E-state index contributed by atoms with van der Waals surface area (Å²) in [4.78, 5) is 28.5. The number of piperidine rings is 1. The van der Waals surface area contributed by atoms with E-state index in [-0.39, 0.29) is 31.5 Å². The quantitative estimate of drug-likeness (QED) is 0.835. The molecular formula is C18H22F2N2O3. The number of alkyl halides is 2. The van der Waals surface area contributed by atoms with Gasteiger partial charge in [0, 0.05) is 19.5 Å².